The van der Waals surface area contributed by atoms with Crippen LogP contribution >= 0.6 is 0 Å². The second-order valence-electron chi connectivity index (χ2n) is 9.51. The number of aromatic nitrogens is 3. The van der Waals surface area contributed by atoms with Crippen LogP contribution in [0.1, 0.15) is 62.7 Å². The summed E-state index contributed by atoms with van der Waals surface area (Å²) in [6, 6.07) is 11.3. The van der Waals surface area contributed by atoms with Crippen molar-refractivity contribution in [1.29, 1.82) is 0 Å². The van der Waals surface area contributed by atoms with E-state index in [2.05, 4.69) is 15.4 Å². The Morgan fingerprint density at radius 3 is 2.49 bits per heavy atom. The zero-order valence-corrected chi connectivity index (χ0v) is 21.3. The zero-order chi connectivity index (χ0) is 27.9. The predicted octanol–water partition coefficient (Wildman–Crippen LogP) is 5.28. The van der Waals surface area contributed by atoms with Crippen molar-refractivity contribution in [2.45, 2.75) is 38.3 Å². The summed E-state index contributed by atoms with van der Waals surface area (Å²) in [7, 11) is 1.51. The lowest BCUT2D eigenvalue weighted by Gasteiger charge is -2.15. The minimum absolute atomic E-state index is 0.0277. The highest BCUT2D eigenvalue weighted by Gasteiger charge is 2.31. The lowest BCUT2D eigenvalue weighted by Crippen LogP contribution is -2.16. The van der Waals surface area contributed by atoms with Gasteiger partial charge in [-0.25, -0.2) is 9.50 Å². The minimum atomic E-state index is -4.35. The summed E-state index contributed by atoms with van der Waals surface area (Å²) < 4.78 is 45.2. The number of hydrogen-bond acceptors (Lipinski definition) is 6. The molecule has 1 saturated carbocycles. The summed E-state index contributed by atoms with van der Waals surface area (Å²) in [5.74, 6) is -0.136. The topological polar surface area (TPSA) is 112 Å². The van der Waals surface area contributed by atoms with Crippen LogP contribution in [0, 0.1) is 6.92 Å². The fourth-order valence-corrected chi connectivity index (χ4v) is 4.74. The van der Waals surface area contributed by atoms with Gasteiger partial charge in [0.05, 0.1) is 31.1 Å². The van der Waals surface area contributed by atoms with Gasteiger partial charge in [-0.2, -0.15) is 18.3 Å². The predicted molar refractivity (Wildman–Crippen MR) is 139 cm³/mol. The van der Waals surface area contributed by atoms with Crippen molar-refractivity contribution in [1.82, 2.24) is 14.6 Å². The number of nitrogens with zero attached hydrogens (tertiary/aromatic N) is 3. The van der Waals surface area contributed by atoms with Crippen LogP contribution in [-0.4, -0.2) is 46.1 Å². The Hall–Kier alpha value is -4.41. The summed E-state index contributed by atoms with van der Waals surface area (Å²) in [6.07, 6.45) is -1.94. The first-order valence-corrected chi connectivity index (χ1v) is 12.4. The minimum Gasteiger partial charge on any atom is -0.497 e. The number of fused-ring (bicyclic) bond motifs is 1. The van der Waals surface area contributed by atoms with E-state index in [0.717, 1.165) is 29.5 Å². The van der Waals surface area contributed by atoms with E-state index in [-0.39, 0.29) is 22.9 Å². The number of halogens is 3. The van der Waals surface area contributed by atoms with Crippen molar-refractivity contribution >= 4 is 23.0 Å². The summed E-state index contributed by atoms with van der Waals surface area (Å²) in [6.45, 7) is 1.44. The molecular formula is C28H26F3N5O3. The Labute approximate surface area is 222 Å². The lowest BCUT2D eigenvalue weighted by atomic mass is 9.92. The van der Waals surface area contributed by atoms with E-state index in [9.17, 15) is 22.8 Å². The molecule has 1 amide bonds. The van der Waals surface area contributed by atoms with E-state index in [1.54, 1.807) is 42.6 Å². The van der Waals surface area contributed by atoms with Crippen LogP contribution in [0.5, 0.6) is 5.75 Å². The van der Waals surface area contributed by atoms with Gasteiger partial charge >= 0.3 is 6.18 Å². The molecule has 202 valence electrons. The van der Waals surface area contributed by atoms with Gasteiger partial charge in [-0.1, -0.05) is 6.07 Å². The van der Waals surface area contributed by atoms with E-state index in [4.69, 9.17) is 10.5 Å². The van der Waals surface area contributed by atoms with Gasteiger partial charge in [-0.15, -0.1) is 0 Å². The second kappa shape index (κ2) is 10.0. The van der Waals surface area contributed by atoms with Crippen LogP contribution in [0.4, 0.5) is 18.9 Å². The first-order valence-electron chi connectivity index (χ1n) is 12.4. The first-order chi connectivity index (χ1) is 18.6. The van der Waals surface area contributed by atoms with Gasteiger partial charge < -0.3 is 15.8 Å². The zero-order valence-electron chi connectivity index (χ0n) is 21.3. The van der Waals surface area contributed by atoms with Crippen LogP contribution in [0.3, 0.4) is 0 Å². The van der Waals surface area contributed by atoms with Gasteiger partial charge in [0.15, 0.2) is 5.65 Å². The molecule has 0 saturated heterocycles. The average Bonchev–Trinajstić information content (AvgIpc) is 3.64. The van der Waals surface area contributed by atoms with E-state index in [1.165, 1.54) is 17.7 Å². The molecular weight excluding hydrogens is 511 g/mol. The molecule has 1 aliphatic rings. The molecule has 11 heteroatoms. The molecule has 5 rings (SSSR count). The van der Waals surface area contributed by atoms with E-state index < -0.39 is 30.8 Å². The Morgan fingerprint density at radius 1 is 1.15 bits per heavy atom. The van der Waals surface area contributed by atoms with Crippen LogP contribution in [0.25, 0.3) is 16.9 Å². The molecule has 8 nitrogen and oxygen atoms in total. The molecule has 2 aromatic carbocycles. The van der Waals surface area contributed by atoms with Crippen molar-refractivity contribution in [2.75, 3.05) is 19.0 Å². The van der Waals surface area contributed by atoms with Crippen LogP contribution in [-0.2, 0) is 0 Å². The Bertz CT molecular complexity index is 1570. The van der Waals surface area contributed by atoms with Crippen molar-refractivity contribution in [2.24, 2.45) is 5.73 Å². The monoisotopic (exact) mass is 537 g/mol. The number of benzene rings is 2. The van der Waals surface area contributed by atoms with Crippen molar-refractivity contribution in [3.63, 3.8) is 0 Å². The Balaban J connectivity index is 1.65. The number of rotatable bonds is 9. The summed E-state index contributed by atoms with van der Waals surface area (Å²) in [5, 5.41) is 7.36. The Morgan fingerprint density at radius 2 is 1.87 bits per heavy atom. The first kappa shape index (κ1) is 26.2. The third kappa shape index (κ3) is 5.29. The molecule has 2 heterocycles. The number of hydrogen-bond donors (Lipinski definition) is 2. The maximum Gasteiger partial charge on any atom is 0.390 e. The van der Waals surface area contributed by atoms with Gasteiger partial charge in [0.1, 0.15) is 11.4 Å². The quantitative estimate of drug-likeness (QED) is 0.281. The van der Waals surface area contributed by atoms with Gasteiger partial charge in [-0.3, -0.25) is 9.59 Å². The summed E-state index contributed by atoms with van der Waals surface area (Å²) in [5.41, 5.74) is 9.94. The SMILES string of the molecule is COc1ccc(C(=O)c2cc(NCCC(F)(F)F)c3ncc(-c4ccc(C(N)=O)c(C)c4C4CC4)n3n2)cc1. The van der Waals surface area contributed by atoms with Gasteiger partial charge in [0, 0.05) is 23.2 Å². The van der Waals surface area contributed by atoms with E-state index in [0.29, 0.717) is 22.6 Å². The number of alkyl halides is 3. The molecule has 0 unspecified atom stereocenters. The summed E-state index contributed by atoms with van der Waals surface area (Å²) >= 11 is 0. The normalized spacial score (nSPS) is 13.5. The van der Waals surface area contributed by atoms with E-state index in [1.807, 2.05) is 6.92 Å². The molecule has 0 bridgehead atoms. The van der Waals surface area contributed by atoms with Crippen molar-refractivity contribution in [3.8, 4) is 17.0 Å². The molecule has 1 aliphatic carbocycles. The van der Waals surface area contributed by atoms with Gasteiger partial charge in [0.2, 0.25) is 11.7 Å². The maximum atomic E-state index is 13.4. The highest BCUT2D eigenvalue weighted by Crippen LogP contribution is 2.47. The second-order valence-corrected chi connectivity index (χ2v) is 9.51. The molecule has 1 fully saturated rings. The smallest absolute Gasteiger partial charge is 0.390 e. The van der Waals surface area contributed by atoms with Gasteiger partial charge in [0.25, 0.3) is 0 Å². The number of carbonyl (C=O) groups is 2. The maximum absolute atomic E-state index is 13.4. The molecule has 3 N–H and O–H groups in total. The lowest BCUT2D eigenvalue weighted by molar-refractivity contribution is -0.131. The number of primary amides is 1. The number of ketones is 1. The third-order valence-corrected chi connectivity index (χ3v) is 6.82. The molecule has 0 radical (unpaired) electrons. The highest BCUT2D eigenvalue weighted by atomic mass is 19.4. The van der Waals surface area contributed by atoms with Crippen molar-refractivity contribution in [3.05, 3.63) is 76.6 Å². The van der Waals surface area contributed by atoms with E-state index >= 15 is 0 Å². The fraction of sp³-hybridized carbons (Fsp3) is 0.286. The largest absolute Gasteiger partial charge is 0.497 e. The molecule has 0 atom stereocenters. The molecule has 0 aliphatic heterocycles. The van der Waals surface area contributed by atoms with Crippen molar-refractivity contribution < 1.29 is 27.5 Å². The Kier molecular flexibility index (Phi) is 6.75. The molecule has 39 heavy (non-hydrogen) atoms. The number of nitrogens with two attached hydrogens (primary N) is 1. The molecule has 2 aromatic heterocycles. The fourth-order valence-electron chi connectivity index (χ4n) is 4.74. The number of anilines is 1. The number of nitrogens with one attached hydrogen (secondary N) is 1. The molecule has 4 aromatic rings. The standard InChI is InChI=1S/C28H26F3N5O3/c1-15-19(26(32)38)9-10-20(24(15)16-3-4-16)23-14-34-27-22(33-12-11-28(29,30)31)13-21(35-36(23)27)25(37)17-5-7-18(39-2)8-6-17/h5-10,13-14,16,33H,3-4,11-12H2,1-2H3,(H2,32,38). The number of carbonyl (C=O) groups excluding carboxylic acids is 2. The average molecular weight is 538 g/mol. The van der Waals surface area contributed by atoms with Crippen LogP contribution < -0.4 is 15.8 Å². The number of methoxy groups -OCH3 is 1. The number of imidazole rings is 1. The molecule has 0 spiro atoms. The third-order valence-electron chi connectivity index (χ3n) is 6.82. The number of ether oxygens (including phenoxy) is 1. The summed E-state index contributed by atoms with van der Waals surface area (Å²) in [4.78, 5) is 29.9. The van der Waals surface area contributed by atoms with Crippen LogP contribution in [0.2, 0.25) is 0 Å². The van der Waals surface area contributed by atoms with Crippen LogP contribution in [0.15, 0.2) is 48.7 Å². The highest BCUT2D eigenvalue weighted by molar-refractivity contribution is 6.08. The number of amides is 1. The van der Waals surface area contributed by atoms with Gasteiger partial charge in [-0.05, 0) is 73.2 Å².